The zero-order valence-electron chi connectivity index (χ0n) is 12.0. The Hall–Kier alpha value is -0.200. The van der Waals surface area contributed by atoms with Crippen LogP contribution in [0.5, 0.6) is 0 Å². The first-order chi connectivity index (χ1) is 9.24. The molecule has 19 heavy (non-hydrogen) atoms. The Bertz CT molecular complexity index is 336. The van der Waals surface area contributed by atoms with E-state index in [1.165, 1.54) is 50.5 Å². The van der Waals surface area contributed by atoms with Gasteiger partial charge in [-0.2, -0.15) is 0 Å². The van der Waals surface area contributed by atoms with Crippen LogP contribution in [0.4, 0.5) is 0 Å². The molecule has 0 fully saturated rings. The van der Waals surface area contributed by atoms with Gasteiger partial charge in [-0.05, 0) is 24.5 Å². The third kappa shape index (κ3) is 7.84. The second kappa shape index (κ2) is 10.6. The second-order valence-corrected chi connectivity index (χ2v) is 6.33. The largest absolute Gasteiger partial charge is 0.123 e. The summed E-state index contributed by atoms with van der Waals surface area (Å²) < 4.78 is 0. The first-order valence-corrected chi connectivity index (χ1v) is 8.43. The van der Waals surface area contributed by atoms with E-state index < -0.39 is 0 Å². The lowest BCUT2D eigenvalue weighted by Gasteiger charge is -2.10. The predicted octanol–water partition coefficient (Wildman–Crippen LogP) is 6.63. The van der Waals surface area contributed by atoms with Gasteiger partial charge < -0.3 is 0 Å². The molecule has 108 valence electrons. The minimum atomic E-state index is 0.218. The average molecular weight is 301 g/mol. The third-order valence-corrected chi connectivity index (χ3v) is 4.26. The van der Waals surface area contributed by atoms with Gasteiger partial charge >= 0.3 is 0 Å². The van der Waals surface area contributed by atoms with E-state index >= 15 is 0 Å². The summed E-state index contributed by atoms with van der Waals surface area (Å²) in [5.41, 5.74) is 1.17. The highest BCUT2D eigenvalue weighted by atomic mass is 35.5. The summed E-state index contributed by atoms with van der Waals surface area (Å²) in [4.78, 5) is 0. The van der Waals surface area contributed by atoms with Gasteiger partial charge in [0.2, 0.25) is 0 Å². The van der Waals surface area contributed by atoms with E-state index in [0.29, 0.717) is 0 Å². The van der Waals surface area contributed by atoms with Crippen molar-refractivity contribution < 1.29 is 0 Å². The number of rotatable bonds is 10. The smallest absolute Gasteiger partial charge is 0.0438 e. The summed E-state index contributed by atoms with van der Waals surface area (Å²) in [7, 11) is 0. The normalized spacial score (nSPS) is 12.6. The van der Waals surface area contributed by atoms with E-state index in [1.54, 1.807) is 0 Å². The fraction of sp³-hybridized carbons (Fsp3) is 0.647. The summed E-state index contributed by atoms with van der Waals surface area (Å²) in [5.74, 6) is 0. The monoisotopic (exact) mass is 300 g/mol. The van der Waals surface area contributed by atoms with Gasteiger partial charge in [-0.1, -0.05) is 81.7 Å². The summed E-state index contributed by atoms with van der Waals surface area (Å²) in [6, 6.07) is 8.00. The molecule has 0 saturated heterocycles. The summed E-state index contributed by atoms with van der Waals surface area (Å²) in [6.07, 6.45) is 11.4. The molecule has 0 aliphatic rings. The lowest BCUT2D eigenvalue weighted by Crippen LogP contribution is -2.03. The van der Waals surface area contributed by atoms with Crippen LogP contribution >= 0.6 is 23.2 Å². The quantitative estimate of drug-likeness (QED) is 0.336. The third-order valence-electron chi connectivity index (χ3n) is 3.52. The predicted molar refractivity (Wildman–Crippen MR) is 87.4 cm³/mol. The Balaban J connectivity index is 2.08. The first kappa shape index (κ1) is 16.9. The van der Waals surface area contributed by atoms with Crippen LogP contribution in [0, 0.1) is 0 Å². The van der Waals surface area contributed by atoms with E-state index in [0.717, 1.165) is 17.9 Å². The molecule has 0 aliphatic carbocycles. The van der Waals surface area contributed by atoms with Crippen molar-refractivity contribution in [1.82, 2.24) is 0 Å². The first-order valence-electron chi connectivity index (χ1n) is 7.61. The number of alkyl halides is 1. The fourth-order valence-electron chi connectivity index (χ4n) is 2.33. The van der Waals surface area contributed by atoms with Crippen molar-refractivity contribution in [3.05, 3.63) is 34.9 Å². The maximum Gasteiger partial charge on any atom is 0.0438 e. The van der Waals surface area contributed by atoms with Gasteiger partial charge in [0.1, 0.15) is 0 Å². The van der Waals surface area contributed by atoms with Crippen LogP contribution in [0.3, 0.4) is 0 Å². The molecule has 1 atom stereocenters. The Morgan fingerprint density at radius 3 is 2.26 bits per heavy atom. The molecule has 0 bridgehead atoms. The van der Waals surface area contributed by atoms with Crippen molar-refractivity contribution in [2.75, 3.05) is 0 Å². The molecular weight excluding hydrogens is 275 g/mol. The van der Waals surface area contributed by atoms with Gasteiger partial charge in [0.15, 0.2) is 0 Å². The van der Waals surface area contributed by atoms with Crippen molar-refractivity contribution in [1.29, 1.82) is 0 Å². The molecule has 1 aromatic rings. The van der Waals surface area contributed by atoms with Gasteiger partial charge in [-0.25, -0.2) is 0 Å². The lowest BCUT2D eigenvalue weighted by molar-refractivity contribution is 0.567. The topological polar surface area (TPSA) is 0 Å². The molecule has 0 spiro atoms. The molecule has 0 aliphatic heterocycles. The average Bonchev–Trinajstić information content (AvgIpc) is 2.40. The van der Waals surface area contributed by atoms with Crippen molar-refractivity contribution in [3.63, 3.8) is 0 Å². The Labute approximate surface area is 128 Å². The second-order valence-electron chi connectivity index (χ2n) is 5.30. The van der Waals surface area contributed by atoms with Crippen LogP contribution in [0.1, 0.15) is 63.9 Å². The van der Waals surface area contributed by atoms with Crippen LogP contribution < -0.4 is 0 Å². The van der Waals surface area contributed by atoms with E-state index in [9.17, 15) is 0 Å². The highest BCUT2D eigenvalue weighted by molar-refractivity contribution is 6.31. The van der Waals surface area contributed by atoms with E-state index in [2.05, 4.69) is 13.0 Å². The van der Waals surface area contributed by atoms with Crippen molar-refractivity contribution >= 4 is 23.2 Å². The SMILES string of the molecule is CCCCCCCCCC(Cl)Cc1ccccc1Cl. The molecular formula is C17H26Cl2. The molecule has 1 rings (SSSR count). The van der Waals surface area contributed by atoms with Crippen LogP contribution in [0.2, 0.25) is 5.02 Å². The van der Waals surface area contributed by atoms with Gasteiger partial charge in [0.05, 0.1) is 0 Å². The number of hydrogen-bond donors (Lipinski definition) is 0. The maximum absolute atomic E-state index is 6.39. The molecule has 1 unspecified atom stereocenters. The Morgan fingerprint density at radius 2 is 1.58 bits per heavy atom. The summed E-state index contributed by atoms with van der Waals surface area (Å²) >= 11 is 12.5. The van der Waals surface area contributed by atoms with Crippen LogP contribution in [0.15, 0.2) is 24.3 Å². The molecule has 0 radical (unpaired) electrons. The van der Waals surface area contributed by atoms with E-state index in [-0.39, 0.29) is 5.38 Å². The molecule has 0 heterocycles. The molecule has 2 heteroatoms. The highest BCUT2D eigenvalue weighted by Gasteiger charge is 2.08. The van der Waals surface area contributed by atoms with E-state index in [1.807, 2.05) is 18.2 Å². The van der Waals surface area contributed by atoms with Gasteiger partial charge in [-0.3, -0.25) is 0 Å². The zero-order chi connectivity index (χ0) is 13.9. The molecule has 0 N–H and O–H groups in total. The number of halogens is 2. The molecule has 0 aromatic heterocycles. The van der Waals surface area contributed by atoms with Crippen LogP contribution in [0.25, 0.3) is 0 Å². The molecule has 1 aromatic carbocycles. The van der Waals surface area contributed by atoms with Crippen molar-refractivity contribution in [2.45, 2.75) is 70.1 Å². The van der Waals surface area contributed by atoms with Gasteiger partial charge in [0.25, 0.3) is 0 Å². The fourth-order valence-corrected chi connectivity index (χ4v) is 2.86. The van der Waals surface area contributed by atoms with Crippen molar-refractivity contribution in [2.24, 2.45) is 0 Å². The number of unbranched alkanes of at least 4 members (excludes halogenated alkanes) is 6. The highest BCUT2D eigenvalue weighted by Crippen LogP contribution is 2.21. The lowest BCUT2D eigenvalue weighted by atomic mass is 10.0. The summed E-state index contributed by atoms with van der Waals surface area (Å²) in [6.45, 7) is 2.26. The minimum Gasteiger partial charge on any atom is -0.123 e. The van der Waals surface area contributed by atoms with Crippen LogP contribution in [-0.2, 0) is 6.42 Å². The minimum absolute atomic E-state index is 0.218. The molecule has 0 amide bonds. The van der Waals surface area contributed by atoms with Crippen molar-refractivity contribution in [3.8, 4) is 0 Å². The summed E-state index contributed by atoms with van der Waals surface area (Å²) in [5, 5.41) is 1.06. The molecule has 0 saturated carbocycles. The standard InChI is InChI=1S/C17H26Cl2/c1-2-3-4-5-6-7-8-12-16(18)14-15-11-9-10-13-17(15)19/h9-11,13,16H,2-8,12,14H2,1H3. The maximum atomic E-state index is 6.39. The Kier molecular flexibility index (Phi) is 9.38. The van der Waals surface area contributed by atoms with E-state index in [4.69, 9.17) is 23.2 Å². The van der Waals surface area contributed by atoms with Gasteiger partial charge in [-0.15, -0.1) is 11.6 Å². The van der Waals surface area contributed by atoms with Crippen LogP contribution in [-0.4, -0.2) is 5.38 Å². The zero-order valence-corrected chi connectivity index (χ0v) is 13.5. The number of benzene rings is 1. The number of hydrogen-bond acceptors (Lipinski definition) is 0. The Morgan fingerprint density at radius 1 is 0.947 bits per heavy atom. The molecule has 0 nitrogen and oxygen atoms in total. The van der Waals surface area contributed by atoms with Gasteiger partial charge in [0, 0.05) is 10.4 Å².